The predicted molar refractivity (Wildman–Crippen MR) is 68.4 cm³/mol. The second kappa shape index (κ2) is 5.99. The summed E-state index contributed by atoms with van der Waals surface area (Å²) in [4.78, 5) is 11.0. The van der Waals surface area contributed by atoms with Crippen molar-refractivity contribution in [3.05, 3.63) is 0 Å². The molecule has 0 amide bonds. The summed E-state index contributed by atoms with van der Waals surface area (Å²) in [5.74, 6) is -1.51. The van der Waals surface area contributed by atoms with Gasteiger partial charge in [0.15, 0.2) is 0 Å². The maximum Gasteiger partial charge on any atom is 0.307 e. The molecule has 0 saturated carbocycles. The van der Waals surface area contributed by atoms with E-state index in [4.69, 9.17) is 5.11 Å². The molecule has 1 fully saturated rings. The van der Waals surface area contributed by atoms with Crippen molar-refractivity contribution < 1.29 is 18.3 Å². The molecule has 106 valence electrons. The predicted octanol–water partition coefficient (Wildman–Crippen LogP) is 0.758. The van der Waals surface area contributed by atoms with Gasteiger partial charge in [-0.15, -0.1) is 0 Å². The molecule has 1 heterocycles. The van der Waals surface area contributed by atoms with Gasteiger partial charge in [0.05, 0.1) is 5.92 Å². The summed E-state index contributed by atoms with van der Waals surface area (Å²) in [5, 5.41) is 9.03. The van der Waals surface area contributed by atoms with Crippen LogP contribution in [0, 0.1) is 5.92 Å². The molecule has 1 aliphatic rings. The Morgan fingerprint density at radius 1 is 1.33 bits per heavy atom. The molecular weight excluding hydrogens is 256 g/mol. The number of rotatable bonds is 5. The van der Waals surface area contributed by atoms with Crippen LogP contribution in [0.3, 0.4) is 0 Å². The molecule has 0 aromatic rings. The average Bonchev–Trinajstić information content (AvgIpc) is 2.30. The number of hydrogen-bond acceptors (Lipinski definition) is 3. The highest BCUT2D eigenvalue weighted by molar-refractivity contribution is 7.86. The van der Waals surface area contributed by atoms with E-state index in [1.54, 1.807) is 13.8 Å². The molecule has 1 aliphatic heterocycles. The maximum atomic E-state index is 12.4. The van der Waals surface area contributed by atoms with Gasteiger partial charge in [0.25, 0.3) is 10.2 Å². The van der Waals surface area contributed by atoms with Crippen LogP contribution in [-0.2, 0) is 15.0 Å². The summed E-state index contributed by atoms with van der Waals surface area (Å²) >= 11 is 0. The highest BCUT2D eigenvalue weighted by atomic mass is 32.2. The molecule has 0 spiro atoms. The lowest BCUT2D eigenvalue weighted by Crippen LogP contribution is -2.52. The highest BCUT2D eigenvalue weighted by Crippen LogP contribution is 2.26. The minimum Gasteiger partial charge on any atom is -0.481 e. The quantitative estimate of drug-likeness (QED) is 0.805. The largest absolute Gasteiger partial charge is 0.481 e. The second-order valence-corrected chi connectivity index (χ2v) is 6.50. The third-order valence-electron chi connectivity index (χ3n) is 3.50. The minimum atomic E-state index is -3.54. The fourth-order valence-corrected chi connectivity index (χ4v) is 4.17. The van der Waals surface area contributed by atoms with Crippen molar-refractivity contribution in [3.8, 4) is 0 Å². The van der Waals surface area contributed by atoms with Crippen LogP contribution in [0.15, 0.2) is 0 Å². The monoisotopic (exact) mass is 278 g/mol. The zero-order valence-electron chi connectivity index (χ0n) is 11.2. The first kappa shape index (κ1) is 15.4. The Morgan fingerprint density at radius 3 is 2.33 bits per heavy atom. The van der Waals surface area contributed by atoms with Crippen LogP contribution in [-0.4, -0.2) is 53.8 Å². The Bertz CT molecular complexity index is 392. The lowest BCUT2D eigenvalue weighted by molar-refractivity contribution is -0.143. The van der Waals surface area contributed by atoms with E-state index in [0.29, 0.717) is 25.9 Å². The van der Waals surface area contributed by atoms with Gasteiger partial charge in [0.1, 0.15) is 0 Å². The van der Waals surface area contributed by atoms with Crippen molar-refractivity contribution in [3.63, 3.8) is 0 Å². The Hall–Kier alpha value is -0.660. The summed E-state index contributed by atoms with van der Waals surface area (Å²) < 4.78 is 27.5. The van der Waals surface area contributed by atoms with Gasteiger partial charge in [-0.1, -0.05) is 13.8 Å². The molecule has 0 aromatic heterocycles. The number of aliphatic carboxylic acids is 1. The van der Waals surface area contributed by atoms with E-state index in [1.165, 1.54) is 8.61 Å². The summed E-state index contributed by atoms with van der Waals surface area (Å²) in [5.41, 5.74) is 0. The molecule has 18 heavy (non-hydrogen) atoms. The van der Waals surface area contributed by atoms with Crippen LogP contribution in [0.1, 0.15) is 33.6 Å². The van der Waals surface area contributed by atoms with Crippen molar-refractivity contribution >= 4 is 16.2 Å². The van der Waals surface area contributed by atoms with Gasteiger partial charge in [-0.3, -0.25) is 4.79 Å². The fourth-order valence-electron chi connectivity index (χ4n) is 2.30. The minimum absolute atomic E-state index is 0.0787. The third-order valence-corrected chi connectivity index (χ3v) is 5.77. The molecule has 2 atom stereocenters. The Kier molecular flexibility index (Phi) is 5.12. The standard InChI is InChI=1S/C11H22N2O4S/c1-4-12(5-2)18(16,17)13-8-10(11(14)15)7-6-9(13)3/h9-10H,4-8H2,1-3H3,(H,14,15). The summed E-state index contributed by atoms with van der Waals surface area (Å²) in [7, 11) is -3.54. The average molecular weight is 278 g/mol. The topological polar surface area (TPSA) is 77.9 Å². The van der Waals surface area contributed by atoms with Gasteiger partial charge in [-0.05, 0) is 19.8 Å². The number of piperidine rings is 1. The Balaban J connectivity index is 2.94. The van der Waals surface area contributed by atoms with Crippen molar-refractivity contribution in [2.45, 2.75) is 39.7 Å². The molecule has 7 heteroatoms. The van der Waals surface area contributed by atoms with E-state index in [9.17, 15) is 13.2 Å². The first-order valence-corrected chi connectivity index (χ1v) is 7.74. The van der Waals surface area contributed by atoms with Crippen LogP contribution in [0.5, 0.6) is 0 Å². The van der Waals surface area contributed by atoms with Crippen LogP contribution in [0.25, 0.3) is 0 Å². The summed E-state index contributed by atoms with van der Waals surface area (Å²) in [6.07, 6.45) is 1.14. The van der Waals surface area contributed by atoms with E-state index in [0.717, 1.165) is 0 Å². The van der Waals surface area contributed by atoms with Crippen LogP contribution in [0.2, 0.25) is 0 Å². The summed E-state index contributed by atoms with van der Waals surface area (Å²) in [6.45, 7) is 6.28. The van der Waals surface area contributed by atoms with E-state index >= 15 is 0 Å². The highest BCUT2D eigenvalue weighted by Gasteiger charge is 2.38. The van der Waals surface area contributed by atoms with E-state index in [2.05, 4.69) is 0 Å². The second-order valence-electron chi connectivity index (χ2n) is 4.62. The first-order valence-electron chi connectivity index (χ1n) is 6.34. The van der Waals surface area contributed by atoms with Gasteiger partial charge in [0, 0.05) is 25.7 Å². The van der Waals surface area contributed by atoms with Crippen LogP contribution < -0.4 is 0 Å². The van der Waals surface area contributed by atoms with Crippen LogP contribution >= 0.6 is 0 Å². The van der Waals surface area contributed by atoms with Gasteiger partial charge in [-0.2, -0.15) is 17.0 Å². The smallest absolute Gasteiger partial charge is 0.307 e. The SMILES string of the molecule is CCN(CC)S(=O)(=O)N1CC(C(=O)O)CCC1C. The van der Waals surface area contributed by atoms with Gasteiger partial charge in [-0.25, -0.2) is 0 Å². The van der Waals surface area contributed by atoms with Gasteiger partial charge in [0.2, 0.25) is 0 Å². The summed E-state index contributed by atoms with van der Waals surface area (Å²) in [6, 6.07) is -0.133. The molecule has 2 unspecified atom stereocenters. The lowest BCUT2D eigenvalue weighted by atomic mass is 9.96. The number of carbonyl (C=O) groups is 1. The molecule has 0 aliphatic carbocycles. The van der Waals surface area contributed by atoms with Gasteiger partial charge >= 0.3 is 5.97 Å². The van der Waals surface area contributed by atoms with Crippen LogP contribution in [0.4, 0.5) is 0 Å². The van der Waals surface area contributed by atoms with E-state index in [-0.39, 0.29) is 12.6 Å². The number of nitrogens with zero attached hydrogens (tertiary/aromatic N) is 2. The number of carboxylic acid groups (broad SMARTS) is 1. The molecule has 1 saturated heterocycles. The molecule has 0 bridgehead atoms. The van der Waals surface area contributed by atoms with Gasteiger partial charge < -0.3 is 5.11 Å². The normalized spacial score (nSPS) is 26.4. The molecule has 6 nitrogen and oxygen atoms in total. The van der Waals surface area contributed by atoms with E-state index in [1.807, 2.05) is 6.92 Å². The number of carboxylic acids is 1. The molecular formula is C11H22N2O4S. The Labute approximate surface area is 109 Å². The molecule has 0 aromatic carbocycles. The first-order chi connectivity index (χ1) is 8.34. The third kappa shape index (κ3) is 3.02. The molecule has 1 rings (SSSR count). The Morgan fingerprint density at radius 2 is 1.89 bits per heavy atom. The van der Waals surface area contributed by atoms with Crippen molar-refractivity contribution in [1.29, 1.82) is 0 Å². The number of hydrogen-bond donors (Lipinski definition) is 1. The van der Waals surface area contributed by atoms with Crippen molar-refractivity contribution in [2.24, 2.45) is 5.92 Å². The molecule has 1 N–H and O–H groups in total. The maximum absolute atomic E-state index is 12.4. The fraction of sp³-hybridized carbons (Fsp3) is 0.909. The lowest BCUT2D eigenvalue weighted by Gasteiger charge is -2.38. The van der Waals surface area contributed by atoms with Crippen molar-refractivity contribution in [1.82, 2.24) is 8.61 Å². The van der Waals surface area contributed by atoms with Crippen molar-refractivity contribution in [2.75, 3.05) is 19.6 Å². The van der Waals surface area contributed by atoms with E-state index < -0.39 is 22.1 Å². The zero-order valence-corrected chi connectivity index (χ0v) is 12.0. The molecule has 0 radical (unpaired) electrons. The zero-order chi connectivity index (χ0) is 13.9.